The van der Waals surface area contributed by atoms with Crippen LogP contribution in [0.15, 0.2) is 23.2 Å². The van der Waals surface area contributed by atoms with E-state index in [0.29, 0.717) is 23.2 Å². The molecule has 2 saturated heterocycles. The lowest BCUT2D eigenvalue weighted by molar-refractivity contribution is -0.137. The molecule has 0 bridgehead atoms. The van der Waals surface area contributed by atoms with E-state index in [1.165, 1.54) is 11.8 Å². The van der Waals surface area contributed by atoms with Crippen LogP contribution in [0.25, 0.3) is 0 Å². The topological polar surface area (TPSA) is 123 Å². The molecule has 29 heavy (non-hydrogen) atoms. The van der Waals surface area contributed by atoms with E-state index in [0.717, 1.165) is 5.56 Å². The van der Waals surface area contributed by atoms with E-state index < -0.39 is 21.7 Å². The van der Waals surface area contributed by atoms with Gasteiger partial charge in [-0.2, -0.15) is 4.99 Å². The molecule has 1 amide bonds. The van der Waals surface area contributed by atoms with Crippen LogP contribution in [0, 0.1) is 0 Å². The Hall–Kier alpha value is -2.27. The normalized spacial score (nSPS) is 25.4. The number of fused-ring (bicyclic) bond motifs is 2. The fourth-order valence-corrected chi connectivity index (χ4v) is 7.58. The Morgan fingerprint density at radius 3 is 2.79 bits per heavy atom. The molecule has 0 saturated carbocycles. The van der Waals surface area contributed by atoms with Crippen molar-refractivity contribution in [2.75, 3.05) is 18.3 Å². The third-order valence-corrected chi connectivity index (χ3v) is 8.21. The molecule has 3 aliphatic rings. The second-order valence-corrected chi connectivity index (χ2v) is 10.5. The summed E-state index contributed by atoms with van der Waals surface area (Å²) in [6.45, 7) is 0.556. The van der Waals surface area contributed by atoms with Gasteiger partial charge in [-0.05, 0) is 24.1 Å². The molecule has 0 aliphatic carbocycles. The predicted octanol–water partition coefficient (Wildman–Crippen LogP) is 1.27. The van der Waals surface area contributed by atoms with Crippen LogP contribution in [-0.4, -0.2) is 65.1 Å². The van der Waals surface area contributed by atoms with Gasteiger partial charge in [0, 0.05) is 24.6 Å². The largest absolute Gasteiger partial charge is 0.481 e. The Bertz CT molecular complexity index is 976. The van der Waals surface area contributed by atoms with Gasteiger partial charge in [-0.15, -0.1) is 0 Å². The summed E-state index contributed by atoms with van der Waals surface area (Å²) in [6.07, 6.45) is 0.176. The van der Waals surface area contributed by atoms with Crippen LogP contribution in [0.3, 0.4) is 0 Å². The van der Waals surface area contributed by atoms with Crippen molar-refractivity contribution < 1.29 is 32.6 Å². The fourth-order valence-electron chi connectivity index (χ4n) is 3.61. The third-order valence-electron chi connectivity index (χ3n) is 4.97. The lowest BCUT2D eigenvalue weighted by Gasteiger charge is -2.24. The minimum atomic E-state index is -3.13. The van der Waals surface area contributed by atoms with Crippen LogP contribution < -0.4 is 9.47 Å². The molecule has 3 aliphatic heterocycles. The predicted molar refractivity (Wildman–Crippen MR) is 106 cm³/mol. The number of aliphatic imine (C=N–C) groups is 1. The molecule has 0 radical (unpaired) electrons. The Kier molecular flexibility index (Phi) is 5.43. The van der Waals surface area contributed by atoms with Gasteiger partial charge in [-0.25, -0.2) is 8.42 Å². The van der Waals surface area contributed by atoms with Gasteiger partial charge in [0.1, 0.15) is 0 Å². The summed E-state index contributed by atoms with van der Waals surface area (Å²) in [5.41, 5.74) is 0.894. The average Bonchev–Trinajstić information content (AvgIpc) is 3.28. The zero-order chi connectivity index (χ0) is 20.6. The van der Waals surface area contributed by atoms with E-state index in [2.05, 4.69) is 4.99 Å². The summed E-state index contributed by atoms with van der Waals surface area (Å²) < 4.78 is 34.9. The van der Waals surface area contributed by atoms with E-state index >= 15 is 0 Å². The summed E-state index contributed by atoms with van der Waals surface area (Å²) >= 11 is 1.31. The number of hydrogen-bond donors (Lipinski definition) is 1. The number of ether oxygens (including phenoxy) is 2. The van der Waals surface area contributed by atoms with Crippen LogP contribution in [0.5, 0.6) is 11.5 Å². The van der Waals surface area contributed by atoms with Crippen LogP contribution in [0.4, 0.5) is 0 Å². The van der Waals surface area contributed by atoms with Gasteiger partial charge in [0.25, 0.3) is 0 Å². The van der Waals surface area contributed by atoms with Gasteiger partial charge >= 0.3 is 5.97 Å². The molecule has 4 rings (SSSR count). The van der Waals surface area contributed by atoms with E-state index in [4.69, 9.17) is 14.6 Å². The molecular formula is C18H20N2O7S2. The Morgan fingerprint density at radius 2 is 2.00 bits per heavy atom. The van der Waals surface area contributed by atoms with E-state index in [9.17, 15) is 18.0 Å². The highest BCUT2D eigenvalue weighted by molar-refractivity contribution is 8.15. The standard InChI is InChI=1S/C18H20N2O7S2/c21-16(2-1-3-17(22)23)19-18-20(12-8-29(24,25)9-15(12)28-18)7-11-4-5-13-14(6-11)27-10-26-13/h4-6,12,15H,1-3,7-10H2,(H,22,23). The molecule has 2 unspecified atom stereocenters. The molecule has 1 aromatic carbocycles. The fraction of sp³-hybridized carbons (Fsp3) is 0.500. The lowest BCUT2D eigenvalue weighted by Crippen LogP contribution is -2.37. The van der Waals surface area contributed by atoms with E-state index in [1.807, 2.05) is 17.0 Å². The minimum absolute atomic E-state index is 0.0292. The number of amidine groups is 1. The number of sulfone groups is 1. The summed E-state index contributed by atoms with van der Waals surface area (Å²) in [4.78, 5) is 28.9. The summed E-state index contributed by atoms with van der Waals surface area (Å²) in [5.74, 6) is 0.0341. The van der Waals surface area contributed by atoms with Crippen molar-refractivity contribution in [1.29, 1.82) is 0 Å². The number of carboxylic acids is 1. The number of amides is 1. The maximum Gasteiger partial charge on any atom is 0.303 e. The average molecular weight is 440 g/mol. The number of benzene rings is 1. The molecule has 2 atom stereocenters. The second kappa shape index (κ2) is 7.86. The Labute approximate surface area is 172 Å². The van der Waals surface area contributed by atoms with Crippen molar-refractivity contribution >= 4 is 38.6 Å². The van der Waals surface area contributed by atoms with Crippen molar-refractivity contribution in [3.63, 3.8) is 0 Å². The smallest absolute Gasteiger partial charge is 0.303 e. The first-order valence-electron chi connectivity index (χ1n) is 9.16. The summed E-state index contributed by atoms with van der Waals surface area (Å²) in [5, 5.41) is 9.03. The number of rotatable bonds is 6. The van der Waals surface area contributed by atoms with Gasteiger partial charge in [-0.3, -0.25) is 9.59 Å². The zero-order valence-corrected chi connectivity index (χ0v) is 17.1. The highest BCUT2D eigenvalue weighted by atomic mass is 32.2. The first-order valence-corrected chi connectivity index (χ1v) is 11.9. The number of carbonyl (C=O) groups excluding carboxylic acids is 1. The maximum atomic E-state index is 12.2. The highest BCUT2D eigenvalue weighted by Crippen LogP contribution is 2.40. The third kappa shape index (κ3) is 4.50. The van der Waals surface area contributed by atoms with Crippen molar-refractivity contribution in [2.45, 2.75) is 37.1 Å². The number of thioether (sulfide) groups is 1. The SMILES string of the molecule is O=C(O)CCCC(=O)N=C1SC2CS(=O)(=O)CC2N1Cc1ccc2c(c1)OCO2. The molecule has 156 valence electrons. The second-order valence-electron chi connectivity index (χ2n) is 7.15. The van der Waals surface area contributed by atoms with Crippen molar-refractivity contribution in [3.05, 3.63) is 23.8 Å². The van der Waals surface area contributed by atoms with Gasteiger partial charge in [0.2, 0.25) is 12.7 Å². The van der Waals surface area contributed by atoms with Crippen molar-refractivity contribution in [1.82, 2.24) is 4.90 Å². The molecular weight excluding hydrogens is 420 g/mol. The minimum Gasteiger partial charge on any atom is -0.481 e. The zero-order valence-electron chi connectivity index (χ0n) is 15.4. The van der Waals surface area contributed by atoms with E-state index in [-0.39, 0.29) is 48.9 Å². The molecule has 0 aromatic heterocycles. The van der Waals surface area contributed by atoms with Crippen LogP contribution in [0.2, 0.25) is 0 Å². The highest BCUT2D eigenvalue weighted by Gasteiger charge is 2.48. The number of carboxylic acid groups (broad SMARTS) is 1. The van der Waals surface area contributed by atoms with Gasteiger partial charge in [0.15, 0.2) is 26.5 Å². The molecule has 3 heterocycles. The summed E-state index contributed by atoms with van der Waals surface area (Å²) in [6, 6.07) is 5.27. The first kappa shape index (κ1) is 20.0. The molecule has 1 N–H and O–H groups in total. The monoisotopic (exact) mass is 440 g/mol. The van der Waals surface area contributed by atoms with Crippen LogP contribution >= 0.6 is 11.8 Å². The van der Waals surface area contributed by atoms with Crippen molar-refractivity contribution in [2.24, 2.45) is 4.99 Å². The number of aliphatic carboxylic acids is 1. The Balaban J connectivity index is 1.53. The molecule has 11 heteroatoms. The Morgan fingerprint density at radius 1 is 1.21 bits per heavy atom. The van der Waals surface area contributed by atoms with Gasteiger partial charge in [-0.1, -0.05) is 17.8 Å². The van der Waals surface area contributed by atoms with Gasteiger partial charge in [0.05, 0.1) is 17.5 Å². The number of hydrogen-bond acceptors (Lipinski definition) is 7. The number of nitrogens with zero attached hydrogens (tertiary/aromatic N) is 2. The van der Waals surface area contributed by atoms with E-state index in [1.54, 1.807) is 6.07 Å². The van der Waals surface area contributed by atoms with Crippen LogP contribution in [-0.2, 0) is 26.0 Å². The quantitative estimate of drug-likeness (QED) is 0.696. The van der Waals surface area contributed by atoms with Crippen molar-refractivity contribution in [3.8, 4) is 11.5 Å². The first-order chi connectivity index (χ1) is 13.8. The molecule has 9 nitrogen and oxygen atoms in total. The lowest BCUT2D eigenvalue weighted by atomic mass is 10.1. The molecule has 2 fully saturated rings. The number of carbonyl (C=O) groups is 2. The summed E-state index contributed by atoms with van der Waals surface area (Å²) in [7, 11) is -3.13. The maximum absolute atomic E-state index is 12.2. The van der Waals surface area contributed by atoms with Crippen LogP contribution in [0.1, 0.15) is 24.8 Å². The molecule has 1 aromatic rings. The van der Waals surface area contributed by atoms with Gasteiger partial charge < -0.3 is 19.5 Å². The molecule has 0 spiro atoms.